The summed E-state index contributed by atoms with van der Waals surface area (Å²) in [6.45, 7) is 7.66. The number of carboxylic acid groups (broad SMARTS) is 1. The lowest BCUT2D eigenvalue weighted by Gasteiger charge is -2.21. The molecular formula is C16H23NO4. The minimum Gasteiger partial charge on any atom is -0.488 e. The Balaban J connectivity index is 2.57. The van der Waals surface area contributed by atoms with Crippen LogP contribution < -0.4 is 10.1 Å². The molecule has 1 aromatic carbocycles. The van der Waals surface area contributed by atoms with E-state index in [1.165, 1.54) is 0 Å². The van der Waals surface area contributed by atoms with E-state index in [-0.39, 0.29) is 24.0 Å². The number of aliphatic carboxylic acids is 1. The van der Waals surface area contributed by atoms with Crippen molar-refractivity contribution in [1.82, 2.24) is 5.32 Å². The van der Waals surface area contributed by atoms with Crippen molar-refractivity contribution in [3.8, 4) is 5.75 Å². The van der Waals surface area contributed by atoms with Crippen LogP contribution in [0.4, 0.5) is 0 Å². The lowest BCUT2D eigenvalue weighted by Crippen LogP contribution is -2.32. The second-order valence-electron chi connectivity index (χ2n) is 6.05. The van der Waals surface area contributed by atoms with Gasteiger partial charge in [0.1, 0.15) is 11.4 Å². The Morgan fingerprint density at radius 1 is 1.24 bits per heavy atom. The largest absolute Gasteiger partial charge is 0.488 e. The molecule has 1 atom stereocenters. The number of carboxylic acids is 1. The molecule has 0 fully saturated rings. The van der Waals surface area contributed by atoms with Crippen molar-refractivity contribution in [3.63, 3.8) is 0 Å². The highest BCUT2D eigenvalue weighted by Gasteiger charge is 2.14. The van der Waals surface area contributed by atoms with Gasteiger partial charge in [0.05, 0.1) is 0 Å². The predicted octanol–water partition coefficient (Wildman–Crippen LogP) is 2.85. The van der Waals surface area contributed by atoms with Gasteiger partial charge in [-0.05, 0) is 58.4 Å². The fraction of sp³-hybridized carbons (Fsp3) is 0.500. The highest BCUT2D eigenvalue weighted by Crippen LogP contribution is 2.18. The van der Waals surface area contributed by atoms with Crippen LogP contribution in [0.1, 0.15) is 50.9 Å². The van der Waals surface area contributed by atoms with E-state index in [1.54, 1.807) is 31.2 Å². The zero-order chi connectivity index (χ0) is 16.0. The van der Waals surface area contributed by atoms with E-state index in [0.29, 0.717) is 17.7 Å². The van der Waals surface area contributed by atoms with Gasteiger partial charge in [0.25, 0.3) is 5.91 Å². The minimum absolute atomic E-state index is 0.0415. The van der Waals surface area contributed by atoms with Gasteiger partial charge in [-0.1, -0.05) is 0 Å². The molecule has 1 rings (SSSR count). The molecule has 0 aliphatic carbocycles. The minimum atomic E-state index is -0.861. The molecule has 0 heterocycles. The number of carbonyl (C=O) groups excluding carboxylic acids is 1. The Hall–Kier alpha value is -2.04. The Kier molecular flexibility index (Phi) is 5.76. The van der Waals surface area contributed by atoms with Crippen LogP contribution in [0.25, 0.3) is 0 Å². The van der Waals surface area contributed by atoms with Gasteiger partial charge >= 0.3 is 5.97 Å². The van der Waals surface area contributed by atoms with Crippen molar-refractivity contribution in [1.29, 1.82) is 0 Å². The van der Waals surface area contributed by atoms with E-state index in [4.69, 9.17) is 9.84 Å². The first kappa shape index (κ1) is 17.0. The summed E-state index contributed by atoms with van der Waals surface area (Å²) in [7, 11) is 0. The molecule has 5 heteroatoms. The normalized spacial score (nSPS) is 12.6. The highest BCUT2D eigenvalue weighted by molar-refractivity contribution is 5.94. The third-order valence-electron chi connectivity index (χ3n) is 2.71. The average molecular weight is 293 g/mol. The summed E-state index contributed by atoms with van der Waals surface area (Å²) in [6.07, 6.45) is 0.450. The van der Waals surface area contributed by atoms with Gasteiger partial charge in [0.2, 0.25) is 0 Å². The van der Waals surface area contributed by atoms with E-state index in [2.05, 4.69) is 5.32 Å². The second kappa shape index (κ2) is 7.11. The van der Waals surface area contributed by atoms with Crippen molar-refractivity contribution in [2.75, 3.05) is 0 Å². The molecule has 1 aromatic rings. The Morgan fingerprint density at radius 3 is 2.29 bits per heavy atom. The molecule has 0 saturated heterocycles. The summed E-state index contributed by atoms with van der Waals surface area (Å²) in [5.41, 5.74) is 0.244. The Labute approximate surface area is 125 Å². The number of rotatable bonds is 6. The molecule has 0 bridgehead atoms. The number of hydrogen-bond donors (Lipinski definition) is 2. The third kappa shape index (κ3) is 6.79. The predicted molar refractivity (Wildman–Crippen MR) is 80.6 cm³/mol. The van der Waals surface area contributed by atoms with Gasteiger partial charge in [-0.25, -0.2) is 0 Å². The van der Waals surface area contributed by atoms with Crippen LogP contribution in [0.3, 0.4) is 0 Å². The highest BCUT2D eigenvalue weighted by atomic mass is 16.5. The molecule has 21 heavy (non-hydrogen) atoms. The SMILES string of the molecule is CC(CCC(=O)O)NC(=O)c1ccc(OC(C)(C)C)cc1. The van der Waals surface area contributed by atoms with E-state index in [0.717, 1.165) is 0 Å². The lowest BCUT2D eigenvalue weighted by atomic mass is 10.1. The number of hydrogen-bond acceptors (Lipinski definition) is 3. The van der Waals surface area contributed by atoms with Crippen molar-refractivity contribution >= 4 is 11.9 Å². The smallest absolute Gasteiger partial charge is 0.303 e. The van der Waals surface area contributed by atoms with Gasteiger partial charge in [0, 0.05) is 18.0 Å². The van der Waals surface area contributed by atoms with Crippen LogP contribution >= 0.6 is 0 Å². The van der Waals surface area contributed by atoms with E-state index in [1.807, 2.05) is 20.8 Å². The first-order chi connectivity index (χ1) is 9.67. The zero-order valence-corrected chi connectivity index (χ0v) is 13.0. The van der Waals surface area contributed by atoms with Crippen LogP contribution in [0, 0.1) is 0 Å². The zero-order valence-electron chi connectivity index (χ0n) is 13.0. The molecule has 2 N–H and O–H groups in total. The van der Waals surface area contributed by atoms with Crippen LogP contribution in [0.5, 0.6) is 5.75 Å². The van der Waals surface area contributed by atoms with Crippen LogP contribution in [-0.2, 0) is 4.79 Å². The van der Waals surface area contributed by atoms with E-state index in [9.17, 15) is 9.59 Å². The first-order valence-electron chi connectivity index (χ1n) is 6.99. The van der Waals surface area contributed by atoms with Crippen molar-refractivity contribution in [2.24, 2.45) is 0 Å². The molecular weight excluding hydrogens is 270 g/mol. The van der Waals surface area contributed by atoms with Gasteiger partial charge in [-0.3, -0.25) is 9.59 Å². The van der Waals surface area contributed by atoms with Crippen molar-refractivity contribution in [2.45, 2.75) is 52.2 Å². The second-order valence-corrected chi connectivity index (χ2v) is 6.05. The van der Waals surface area contributed by atoms with Crippen molar-refractivity contribution in [3.05, 3.63) is 29.8 Å². The standard InChI is InChI=1S/C16H23NO4/c1-11(5-10-14(18)19)17-15(20)12-6-8-13(9-7-12)21-16(2,3)4/h6-9,11H,5,10H2,1-4H3,(H,17,20)(H,18,19). The van der Waals surface area contributed by atoms with Gasteiger partial charge in [-0.15, -0.1) is 0 Å². The third-order valence-corrected chi connectivity index (χ3v) is 2.71. The van der Waals surface area contributed by atoms with E-state index < -0.39 is 5.97 Å². The molecule has 0 aliphatic rings. The maximum Gasteiger partial charge on any atom is 0.303 e. The average Bonchev–Trinajstić information content (AvgIpc) is 2.35. The molecule has 0 aliphatic heterocycles. The summed E-state index contributed by atoms with van der Waals surface area (Å²) in [4.78, 5) is 22.5. The monoisotopic (exact) mass is 293 g/mol. The van der Waals surface area contributed by atoms with Gasteiger partial charge in [-0.2, -0.15) is 0 Å². The number of carbonyl (C=O) groups is 2. The van der Waals surface area contributed by atoms with Gasteiger partial charge < -0.3 is 15.2 Å². The summed E-state index contributed by atoms with van der Waals surface area (Å²) in [6, 6.07) is 6.71. The molecule has 116 valence electrons. The maximum absolute atomic E-state index is 12.0. The van der Waals surface area contributed by atoms with Crippen LogP contribution in [-0.4, -0.2) is 28.6 Å². The molecule has 0 aromatic heterocycles. The Morgan fingerprint density at radius 2 is 1.81 bits per heavy atom. The number of ether oxygens (including phenoxy) is 1. The summed E-state index contributed by atoms with van der Waals surface area (Å²) in [5, 5.41) is 11.4. The Bertz CT molecular complexity index is 488. The van der Waals surface area contributed by atoms with Crippen molar-refractivity contribution < 1.29 is 19.4 Å². The summed E-state index contributed by atoms with van der Waals surface area (Å²) in [5.74, 6) is -0.368. The van der Waals surface area contributed by atoms with E-state index >= 15 is 0 Å². The quantitative estimate of drug-likeness (QED) is 0.845. The molecule has 0 radical (unpaired) electrons. The molecule has 1 unspecified atom stereocenters. The molecule has 1 amide bonds. The number of nitrogens with one attached hydrogen (secondary N) is 1. The fourth-order valence-corrected chi connectivity index (χ4v) is 1.75. The summed E-state index contributed by atoms with van der Waals surface area (Å²) < 4.78 is 5.69. The lowest BCUT2D eigenvalue weighted by molar-refractivity contribution is -0.137. The van der Waals surface area contributed by atoms with Crippen LogP contribution in [0.2, 0.25) is 0 Å². The molecule has 5 nitrogen and oxygen atoms in total. The summed E-state index contributed by atoms with van der Waals surface area (Å²) >= 11 is 0. The topological polar surface area (TPSA) is 75.6 Å². The molecule has 0 spiro atoms. The van der Waals surface area contributed by atoms with Gasteiger partial charge in [0.15, 0.2) is 0 Å². The van der Waals surface area contributed by atoms with Crippen LogP contribution in [0.15, 0.2) is 24.3 Å². The fourth-order valence-electron chi connectivity index (χ4n) is 1.75. The first-order valence-corrected chi connectivity index (χ1v) is 6.99. The molecule has 0 saturated carbocycles. The number of benzene rings is 1. The number of amides is 1. The maximum atomic E-state index is 12.0.